The molecule has 0 aliphatic rings. The predicted octanol–water partition coefficient (Wildman–Crippen LogP) is 3.03. The second kappa shape index (κ2) is 9.92. The van der Waals surface area contributed by atoms with Gasteiger partial charge in [-0.05, 0) is 25.6 Å². The molecule has 1 aromatic rings. The zero-order valence-corrected chi connectivity index (χ0v) is 13.2. The fraction of sp³-hybridized carbons (Fsp3) is 0.333. The van der Waals surface area contributed by atoms with Gasteiger partial charge in [0.05, 0.1) is 0 Å². The number of hydrogen-bond donors (Lipinski definition) is 2. The van der Waals surface area contributed by atoms with Gasteiger partial charge in [0.25, 0.3) is 0 Å². The SMILES string of the molecule is C=C(C)CN(CC)Cc1c(F)cccc1Cl.O=C(O)C(=O)O. The predicted molar refractivity (Wildman–Crippen MR) is 82.4 cm³/mol. The molecule has 0 aromatic heterocycles. The van der Waals surface area contributed by atoms with Gasteiger partial charge >= 0.3 is 11.9 Å². The maximum atomic E-state index is 13.6. The number of aliphatic carboxylic acids is 2. The number of likely N-dealkylation sites (N-methyl/N-ethyl adjacent to an activating group) is 1. The largest absolute Gasteiger partial charge is 0.473 e. The molecule has 5 nitrogen and oxygen atoms in total. The summed E-state index contributed by atoms with van der Waals surface area (Å²) < 4.78 is 13.6. The zero-order valence-electron chi connectivity index (χ0n) is 12.5. The van der Waals surface area contributed by atoms with Gasteiger partial charge in [-0.1, -0.05) is 36.7 Å². The van der Waals surface area contributed by atoms with Crippen molar-refractivity contribution in [3.63, 3.8) is 0 Å². The number of hydrogen-bond acceptors (Lipinski definition) is 3. The van der Waals surface area contributed by atoms with Crippen molar-refractivity contribution < 1.29 is 24.2 Å². The van der Waals surface area contributed by atoms with E-state index in [2.05, 4.69) is 11.5 Å². The standard InChI is InChI=1S/C13H17ClFN.C2H2O4/c1-4-16(8-10(2)3)9-11-12(14)6-5-7-13(11)15;3-1(4)2(5)6/h5-7H,2,4,8-9H2,1,3H3;(H,3,4)(H,5,6). The molecule has 0 radical (unpaired) electrons. The summed E-state index contributed by atoms with van der Waals surface area (Å²) in [5, 5.41) is 15.3. The van der Waals surface area contributed by atoms with Gasteiger partial charge in [0.2, 0.25) is 0 Å². The fourth-order valence-electron chi connectivity index (χ4n) is 1.57. The Kier molecular flexibility index (Phi) is 9.05. The number of rotatable bonds is 5. The highest BCUT2D eigenvalue weighted by Gasteiger charge is 2.11. The molecule has 0 amide bonds. The molecule has 7 heteroatoms. The third-order valence-corrected chi connectivity index (χ3v) is 2.92. The highest BCUT2D eigenvalue weighted by Crippen LogP contribution is 2.20. The van der Waals surface area contributed by atoms with Gasteiger partial charge in [0, 0.05) is 23.7 Å². The smallest absolute Gasteiger partial charge is 0.414 e. The lowest BCUT2D eigenvalue weighted by Crippen LogP contribution is -2.25. The molecule has 0 spiro atoms. The minimum absolute atomic E-state index is 0.243. The Morgan fingerprint density at radius 2 is 1.86 bits per heavy atom. The van der Waals surface area contributed by atoms with Gasteiger partial charge in [-0.2, -0.15) is 0 Å². The van der Waals surface area contributed by atoms with Gasteiger partial charge in [0.1, 0.15) is 5.82 Å². The summed E-state index contributed by atoms with van der Waals surface area (Å²) in [6.45, 7) is 10.00. The first-order chi connectivity index (χ1) is 10.2. The maximum absolute atomic E-state index is 13.6. The highest BCUT2D eigenvalue weighted by molar-refractivity contribution is 6.31. The molecule has 0 heterocycles. The Morgan fingerprint density at radius 1 is 1.32 bits per heavy atom. The summed E-state index contributed by atoms with van der Waals surface area (Å²) in [5.74, 6) is -3.89. The van der Waals surface area contributed by atoms with Crippen LogP contribution in [0, 0.1) is 5.82 Å². The Morgan fingerprint density at radius 3 is 2.23 bits per heavy atom. The Hall–Kier alpha value is -1.92. The molecule has 0 saturated heterocycles. The van der Waals surface area contributed by atoms with E-state index in [4.69, 9.17) is 31.4 Å². The quantitative estimate of drug-likeness (QED) is 0.640. The van der Waals surface area contributed by atoms with Crippen LogP contribution < -0.4 is 0 Å². The molecule has 0 aliphatic carbocycles. The second-order valence-corrected chi connectivity index (χ2v) is 4.98. The second-order valence-electron chi connectivity index (χ2n) is 4.57. The molecule has 1 rings (SSSR count). The summed E-state index contributed by atoms with van der Waals surface area (Å²) in [7, 11) is 0. The van der Waals surface area contributed by atoms with Crippen LogP contribution in [-0.2, 0) is 16.1 Å². The number of halogens is 2. The van der Waals surface area contributed by atoms with E-state index in [0.29, 0.717) is 17.1 Å². The minimum Gasteiger partial charge on any atom is -0.473 e. The normalized spacial score (nSPS) is 9.86. The third-order valence-electron chi connectivity index (χ3n) is 2.57. The topological polar surface area (TPSA) is 77.8 Å². The summed E-state index contributed by atoms with van der Waals surface area (Å²) >= 11 is 5.98. The summed E-state index contributed by atoms with van der Waals surface area (Å²) in [5.41, 5.74) is 1.63. The number of carbonyl (C=O) groups is 2. The summed E-state index contributed by atoms with van der Waals surface area (Å²) in [4.78, 5) is 20.3. The molecular weight excluding hydrogens is 313 g/mol. The van der Waals surface area contributed by atoms with Crippen molar-refractivity contribution in [1.82, 2.24) is 4.90 Å². The van der Waals surface area contributed by atoms with Crippen molar-refractivity contribution >= 4 is 23.5 Å². The first kappa shape index (κ1) is 20.1. The molecule has 22 heavy (non-hydrogen) atoms. The van der Waals surface area contributed by atoms with Gasteiger partial charge in [-0.3, -0.25) is 4.90 Å². The van der Waals surface area contributed by atoms with Crippen molar-refractivity contribution in [1.29, 1.82) is 0 Å². The molecule has 122 valence electrons. The fourth-order valence-corrected chi connectivity index (χ4v) is 1.79. The third kappa shape index (κ3) is 7.75. The number of nitrogens with zero attached hydrogens (tertiary/aromatic N) is 1. The molecule has 0 bridgehead atoms. The van der Waals surface area contributed by atoms with Gasteiger partial charge < -0.3 is 10.2 Å². The van der Waals surface area contributed by atoms with E-state index < -0.39 is 11.9 Å². The van der Waals surface area contributed by atoms with Crippen molar-refractivity contribution in [3.05, 3.63) is 46.8 Å². The average molecular weight is 332 g/mol. The van der Waals surface area contributed by atoms with Crippen LogP contribution in [0.15, 0.2) is 30.4 Å². The van der Waals surface area contributed by atoms with E-state index in [0.717, 1.165) is 18.7 Å². The average Bonchev–Trinajstić information content (AvgIpc) is 2.41. The lowest BCUT2D eigenvalue weighted by atomic mass is 10.2. The lowest BCUT2D eigenvalue weighted by Gasteiger charge is -2.21. The van der Waals surface area contributed by atoms with Crippen LogP contribution in [0.1, 0.15) is 19.4 Å². The van der Waals surface area contributed by atoms with Gasteiger partial charge in [-0.25, -0.2) is 14.0 Å². The van der Waals surface area contributed by atoms with Gasteiger partial charge in [0.15, 0.2) is 0 Å². The van der Waals surface area contributed by atoms with Crippen molar-refractivity contribution in [3.8, 4) is 0 Å². The molecule has 0 atom stereocenters. The van der Waals surface area contributed by atoms with Crippen LogP contribution in [-0.4, -0.2) is 40.1 Å². The highest BCUT2D eigenvalue weighted by atomic mass is 35.5. The minimum atomic E-state index is -1.82. The van der Waals surface area contributed by atoms with Crippen LogP contribution in [0.2, 0.25) is 5.02 Å². The van der Waals surface area contributed by atoms with E-state index in [1.165, 1.54) is 6.07 Å². The summed E-state index contributed by atoms with van der Waals surface area (Å²) in [6.07, 6.45) is 0. The van der Waals surface area contributed by atoms with E-state index in [-0.39, 0.29) is 5.82 Å². The molecular formula is C15H19ClFNO4. The van der Waals surface area contributed by atoms with Crippen LogP contribution in [0.4, 0.5) is 4.39 Å². The first-order valence-corrected chi connectivity index (χ1v) is 6.82. The monoisotopic (exact) mass is 331 g/mol. The van der Waals surface area contributed by atoms with E-state index in [1.54, 1.807) is 12.1 Å². The van der Waals surface area contributed by atoms with E-state index >= 15 is 0 Å². The number of benzene rings is 1. The molecule has 0 aliphatic heterocycles. The molecule has 1 aromatic carbocycles. The molecule has 0 unspecified atom stereocenters. The van der Waals surface area contributed by atoms with Crippen LogP contribution >= 0.6 is 11.6 Å². The van der Waals surface area contributed by atoms with Crippen molar-refractivity contribution in [2.24, 2.45) is 0 Å². The van der Waals surface area contributed by atoms with Crippen LogP contribution in [0.5, 0.6) is 0 Å². The zero-order chi connectivity index (χ0) is 17.3. The molecule has 2 N–H and O–H groups in total. The molecule has 0 saturated carbocycles. The maximum Gasteiger partial charge on any atom is 0.414 e. The van der Waals surface area contributed by atoms with E-state index in [1.807, 2.05) is 13.8 Å². The van der Waals surface area contributed by atoms with E-state index in [9.17, 15) is 4.39 Å². The Bertz CT molecular complexity index is 516. The van der Waals surface area contributed by atoms with Crippen LogP contribution in [0.25, 0.3) is 0 Å². The summed E-state index contributed by atoms with van der Waals surface area (Å²) in [6, 6.07) is 4.78. The first-order valence-electron chi connectivity index (χ1n) is 6.44. The lowest BCUT2D eigenvalue weighted by molar-refractivity contribution is -0.159. The number of carboxylic acid groups (broad SMARTS) is 2. The Balaban J connectivity index is 0.000000626. The Labute approximate surface area is 133 Å². The number of carboxylic acids is 2. The van der Waals surface area contributed by atoms with Gasteiger partial charge in [-0.15, -0.1) is 0 Å². The van der Waals surface area contributed by atoms with Crippen LogP contribution in [0.3, 0.4) is 0 Å². The van der Waals surface area contributed by atoms with Crippen molar-refractivity contribution in [2.75, 3.05) is 13.1 Å². The van der Waals surface area contributed by atoms with Crippen molar-refractivity contribution in [2.45, 2.75) is 20.4 Å². The molecule has 0 fully saturated rings.